The molecule has 0 amide bonds. The minimum atomic E-state index is -0.0751. The summed E-state index contributed by atoms with van der Waals surface area (Å²) in [6.07, 6.45) is 0. The third kappa shape index (κ3) is 2.17. The van der Waals surface area contributed by atoms with E-state index in [2.05, 4.69) is 0 Å². The van der Waals surface area contributed by atoms with E-state index in [0.29, 0.717) is 11.3 Å². The van der Waals surface area contributed by atoms with Gasteiger partial charge in [-0.25, -0.2) is 0 Å². The Kier molecular flexibility index (Phi) is 2.71. The SMILES string of the molecule is Cc1ccc(C(=O)c2cc3cc(C)ccc3o2)cc1. The lowest BCUT2D eigenvalue weighted by molar-refractivity contribution is 0.101. The Morgan fingerprint density at radius 2 is 1.58 bits per heavy atom. The van der Waals surface area contributed by atoms with Crippen LogP contribution in [0.3, 0.4) is 0 Å². The molecule has 3 rings (SSSR count). The van der Waals surface area contributed by atoms with Gasteiger partial charge in [0.25, 0.3) is 0 Å². The minimum Gasteiger partial charge on any atom is -0.453 e. The molecular formula is C17H14O2. The summed E-state index contributed by atoms with van der Waals surface area (Å²) in [5.41, 5.74) is 3.70. The van der Waals surface area contributed by atoms with Gasteiger partial charge in [0.2, 0.25) is 5.78 Å². The number of rotatable bonds is 2. The van der Waals surface area contributed by atoms with Gasteiger partial charge in [0.1, 0.15) is 5.58 Å². The first kappa shape index (κ1) is 11.7. The van der Waals surface area contributed by atoms with E-state index in [4.69, 9.17) is 4.42 Å². The highest BCUT2D eigenvalue weighted by molar-refractivity contribution is 6.09. The van der Waals surface area contributed by atoms with E-state index < -0.39 is 0 Å². The number of benzene rings is 2. The number of hydrogen-bond donors (Lipinski definition) is 0. The number of fused-ring (bicyclic) bond motifs is 1. The van der Waals surface area contributed by atoms with Crippen LogP contribution in [-0.4, -0.2) is 5.78 Å². The van der Waals surface area contributed by atoms with Crippen LogP contribution in [0.5, 0.6) is 0 Å². The highest BCUT2D eigenvalue weighted by Crippen LogP contribution is 2.22. The van der Waals surface area contributed by atoms with Gasteiger partial charge in [-0.1, -0.05) is 41.5 Å². The zero-order valence-electron chi connectivity index (χ0n) is 10.9. The molecule has 2 aromatic carbocycles. The molecule has 2 heteroatoms. The van der Waals surface area contributed by atoms with Crippen molar-refractivity contribution in [3.8, 4) is 0 Å². The molecule has 3 aromatic rings. The minimum absolute atomic E-state index is 0.0751. The van der Waals surface area contributed by atoms with Crippen LogP contribution in [0.15, 0.2) is 52.9 Å². The first-order valence-electron chi connectivity index (χ1n) is 6.25. The van der Waals surface area contributed by atoms with Gasteiger partial charge in [-0.15, -0.1) is 0 Å². The Hall–Kier alpha value is -2.35. The number of hydrogen-bond acceptors (Lipinski definition) is 2. The summed E-state index contributed by atoms with van der Waals surface area (Å²) >= 11 is 0. The van der Waals surface area contributed by atoms with Crippen molar-refractivity contribution in [3.05, 3.63) is 71.0 Å². The molecule has 0 aliphatic carbocycles. The number of carbonyl (C=O) groups excluding carboxylic acids is 1. The Labute approximate surface area is 111 Å². The van der Waals surface area contributed by atoms with Crippen LogP contribution in [0.2, 0.25) is 0 Å². The van der Waals surface area contributed by atoms with Gasteiger partial charge in [-0.2, -0.15) is 0 Å². The molecule has 0 saturated carbocycles. The average molecular weight is 250 g/mol. The maximum absolute atomic E-state index is 12.3. The number of ketones is 1. The lowest BCUT2D eigenvalue weighted by atomic mass is 10.1. The van der Waals surface area contributed by atoms with E-state index >= 15 is 0 Å². The second-order valence-corrected chi connectivity index (χ2v) is 4.85. The molecule has 0 unspecified atom stereocenters. The number of carbonyl (C=O) groups is 1. The van der Waals surface area contributed by atoms with E-state index in [0.717, 1.165) is 22.1 Å². The van der Waals surface area contributed by atoms with Gasteiger partial charge in [0.05, 0.1) is 0 Å². The third-order valence-electron chi connectivity index (χ3n) is 3.21. The van der Waals surface area contributed by atoms with Crippen LogP contribution in [0.4, 0.5) is 0 Å². The molecule has 0 spiro atoms. The topological polar surface area (TPSA) is 30.2 Å². The highest BCUT2D eigenvalue weighted by atomic mass is 16.3. The van der Waals surface area contributed by atoms with E-state index in [1.807, 2.05) is 62.4 Å². The van der Waals surface area contributed by atoms with E-state index in [1.165, 1.54) is 0 Å². The highest BCUT2D eigenvalue weighted by Gasteiger charge is 2.14. The molecule has 1 heterocycles. The first-order valence-corrected chi connectivity index (χ1v) is 6.25. The Morgan fingerprint density at radius 3 is 2.32 bits per heavy atom. The Balaban J connectivity index is 2.04. The fraction of sp³-hybridized carbons (Fsp3) is 0.118. The maximum Gasteiger partial charge on any atom is 0.228 e. The largest absolute Gasteiger partial charge is 0.453 e. The molecule has 0 radical (unpaired) electrons. The lowest BCUT2D eigenvalue weighted by Gasteiger charge is -1.97. The van der Waals surface area contributed by atoms with Crippen molar-refractivity contribution in [2.24, 2.45) is 0 Å². The molecule has 94 valence electrons. The predicted octanol–water partition coefficient (Wildman–Crippen LogP) is 4.28. The molecule has 0 fully saturated rings. The van der Waals surface area contributed by atoms with E-state index in [-0.39, 0.29) is 5.78 Å². The lowest BCUT2D eigenvalue weighted by Crippen LogP contribution is -1.98. The van der Waals surface area contributed by atoms with Crippen molar-refractivity contribution in [1.29, 1.82) is 0 Å². The molecule has 2 nitrogen and oxygen atoms in total. The summed E-state index contributed by atoms with van der Waals surface area (Å²) in [5, 5.41) is 0.968. The van der Waals surface area contributed by atoms with Crippen molar-refractivity contribution < 1.29 is 9.21 Å². The fourth-order valence-corrected chi connectivity index (χ4v) is 2.12. The van der Waals surface area contributed by atoms with Crippen molar-refractivity contribution in [2.45, 2.75) is 13.8 Å². The first-order chi connectivity index (χ1) is 9.13. The van der Waals surface area contributed by atoms with Gasteiger partial charge < -0.3 is 4.42 Å². The molecule has 0 aliphatic heterocycles. The van der Waals surface area contributed by atoms with Gasteiger partial charge in [-0.3, -0.25) is 4.79 Å². The third-order valence-corrected chi connectivity index (χ3v) is 3.21. The molecular weight excluding hydrogens is 236 g/mol. The molecule has 0 saturated heterocycles. The normalized spacial score (nSPS) is 10.8. The molecule has 0 bridgehead atoms. The molecule has 1 aromatic heterocycles. The van der Waals surface area contributed by atoms with Crippen molar-refractivity contribution in [2.75, 3.05) is 0 Å². The Bertz CT molecular complexity index is 749. The number of aryl methyl sites for hydroxylation is 2. The van der Waals surface area contributed by atoms with Crippen LogP contribution in [0, 0.1) is 13.8 Å². The van der Waals surface area contributed by atoms with Gasteiger partial charge >= 0.3 is 0 Å². The van der Waals surface area contributed by atoms with Crippen LogP contribution >= 0.6 is 0 Å². The average Bonchev–Trinajstić information content (AvgIpc) is 2.81. The number of furan rings is 1. The van der Waals surface area contributed by atoms with Crippen molar-refractivity contribution in [1.82, 2.24) is 0 Å². The van der Waals surface area contributed by atoms with Crippen LogP contribution < -0.4 is 0 Å². The molecule has 0 atom stereocenters. The molecule has 0 N–H and O–H groups in total. The summed E-state index contributed by atoms with van der Waals surface area (Å²) in [5.74, 6) is 0.318. The summed E-state index contributed by atoms with van der Waals surface area (Å²) in [7, 11) is 0. The van der Waals surface area contributed by atoms with Gasteiger partial charge in [-0.05, 0) is 32.0 Å². The van der Waals surface area contributed by atoms with Crippen LogP contribution in [0.25, 0.3) is 11.0 Å². The second kappa shape index (κ2) is 4.39. The molecule has 19 heavy (non-hydrogen) atoms. The quantitative estimate of drug-likeness (QED) is 0.635. The zero-order valence-corrected chi connectivity index (χ0v) is 10.9. The molecule has 0 aliphatic rings. The summed E-state index contributed by atoms with van der Waals surface area (Å²) in [6, 6.07) is 15.2. The van der Waals surface area contributed by atoms with Crippen molar-refractivity contribution in [3.63, 3.8) is 0 Å². The second-order valence-electron chi connectivity index (χ2n) is 4.85. The predicted molar refractivity (Wildman–Crippen MR) is 75.6 cm³/mol. The van der Waals surface area contributed by atoms with Gasteiger partial charge in [0.15, 0.2) is 5.76 Å². The monoisotopic (exact) mass is 250 g/mol. The zero-order chi connectivity index (χ0) is 13.4. The smallest absolute Gasteiger partial charge is 0.228 e. The summed E-state index contributed by atoms with van der Waals surface area (Å²) < 4.78 is 5.62. The Morgan fingerprint density at radius 1 is 0.895 bits per heavy atom. The maximum atomic E-state index is 12.3. The van der Waals surface area contributed by atoms with E-state index in [9.17, 15) is 4.79 Å². The summed E-state index contributed by atoms with van der Waals surface area (Å²) in [6.45, 7) is 4.02. The fourth-order valence-electron chi connectivity index (χ4n) is 2.12. The van der Waals surface area contributed by atoms with Gasteiger partial charge in [0, 0.05) is 10.9 Å². The van der Waals surface area contributed by atoms with Crippen molar-refractivity contribution >= 4 is 16.8 Å². The van der Waals surface area contributed by atoms with E-state index in [1.54, 1.807) is 0 Å². The van der Waals surface area contributed by atoms with Crippen LogP contribution in [0.1, 0.15) is 27.2 Å². The van der Waals surface area contributed by atoms with Crippen LogP contribution in [-0.2, 0) is 0 Å². The standard InChI is InChI=1S/C17H14O2/c1-11-3-6-13(7-4-11)17(18)16-10-14-9-12(2)5-8-15(14)19-16/h3-10H,1-2H3. The summed E-state index contributed by atoms with van der Waals surface area (Å²) in [4.78, 5) is 12.3.